The summed E-state index contributed by atoms with van der Waals surface area (Å²) in [6.07, 6.45) is 3.13. The Bertz CT molecular complexity index is 1020. The highest BCUT2D eigenvalue weighted by atomic mass is 32.1. The Labute approximate surface area is 174 Å². The SMILES string of the molecule is O=C(/C=C/c1ccccc1)NC(=S)Nc1ccc(NC(=O)c2ccccc2)cc1. The van der Waals surface area contributed by atoms with Crippen molar-refractivity contribution in [3.63, 3.8) is 0 Å². The molecule has 2 amide bonds. The molecule has 0 saturated carbocycles. The average molecular weight is 401 g/mol. The Kier molecular flexibility index (Phi) is 6.86. The van der Waals surface area contributed by atoms with E-state index in [4.69, 9.17) is 12.2 Å². The molecule has 0 aliphatic rings. The van der Waals surface area contributed by atoms with E-state index in [1.54, 1.807) is 42.5 Å². The Balaban J connectivity index is 1.50. The molecular weight excluding hydrogens is 382 g/mol. The number of carbonyl (C=O) groups is 2. The number of benzene rings is 3. The zero-order chi connectivity index (χ0) is 20.5. The van der Waals surface area contributed by atoms with Crippen molar-refractivity contribution in [2.45, 2.75) is 0 Å². The van der Waals surface area contributed by atoms with E-state index in [9.17, 15) is 9.59 Å². The maximum absolute atomic E-state index is 12.2. The zero-order valence-corrected chi connectivity index (χ0v) is 16.3. The van der Waals surface area contributed by atoms with Gasteiger partial charge in [-0.2, -0.15) is 0 Å². The molecule has 0 unspecified atom stereocenters. The fourth-order valence-electron chi connectivity index (χ4n) is 2.48. The number of nitrogens with one attached hydrogen (secondary N) is 3. The van der Waals surface area contributed by atoms with Crippen LogP contribution in [0.15, 0.2) is 91.0 Å². The number of hydrogen-bond acceptors (Lipinski definition) is 3. The van der Waals surface area contributed by atoms with Gasteiger partial charge < -0.3 is 10.6 Å². The zero-order valence-electron chi connectivity index (χ0n) is 15.5. The van der Waals surface area contributed by atoms with Gasteiger partial charge in [-0.25, -0.2) is 0 Å². The van der Waals surface area contributed by atoms with E-state index in [1.807, 2.05) is 48.5 Å². The standard InChI is InChI=1S/C23H19N3O2S/c27-21(16-11-17-7-3-1-4-8-17)26-23(29)25-20-14-12-19(13-15-20)24-22(28)18-9-5-2-6-10-18/h1-16H,(H,24,28)(H2,25,26,27,29)/b16-11+. The fraction of sp³-hybridized carbons (Fsp3) is 0. The van der Waals surface area contributed by atoms with Gasteiger partial charge in [0.25, 0.3) is 5.91 Å². The molecule has 0 fully saturated rings. The first-order chi connectivity index (χ1) is 14.1. The van der Waals surface area contributed by atoms with Crippen molar-refractivity contribution in [1.82, 2.24) is 5.32 Å². The van der Waals surface area contributed by atoms with Crippen LogP contribution < -0.4 is 16.0 Å². The number of amides is 2. The summed E-state index contributed by atoms with van der Waals surface area (Å²) >= 11 is 5.16. The van der Waals surface area contributed by atoms with Crippen molar-refractivity contribution in [2.75, 3.05) is 10.6 Å². The summed E-state index contributed by atoms with van der Waals surface area (Å²) in [5.74, 6) is -0.502. The first-order valence-corrected chi connectivity index (χ1v) is 9.32. The molecule has 0 saturated heterocycles. The molecular formula is C23H19N3O2S. The van der Waals surface area contributed by atoms with Crippen molar-refractivity contribution in [1.29, 1.82) is 0 Å². The van der Waals surface area contributed by atoms with E-state index in [1.165, 1.54) is 6.08 Å². The first-order valence-electron chi connectivity index (χ1n) is 8.92. The van der Waals surface area contributed by atoms with Crippen LogP contribution >= 0.6 is 12.2 Å². The van der Waals surface area contributed by atoms with Crippen LogP contribution in [0.1, 0.15) is 15.9 Å². The minimum atomic E-state index is -0.321. The molecule has 0 radical (unpaired) electrons. The smallest absolute Gasteiger partial charge is 0.255 e. The van der Waals surface area contributed by atoms with Crippen LogP contribution in [0.3, 0.4) is 0 Å². The highest BCUT2D eigenvalue weighted by Gasteiger charge is 2.06. The van der Waals surface area contributed by atoms with Gasteiger partial charge in [-0.15, -0.1) is 0 Å². The third-order valence-electron chi connectivity index (χ3n) is 3.90. The number of thiocarbonyl (C=S) groups is 1. The Morgan fingerprint density at radius 2 is 1.28 bits per heavy atom. The van der Waals surface area contributed by atoms with E-state index >= 15 is 0 Å². The lowest BCUT2D eigenvalue weighted by atomic mass is 10.2. The molecule has 0 atom stereocenters. The second kappa shape index (κ2) is 9.96. The van der Waals surface area contributed by atoms with Gasteiger partial charge in [0, 0.05) is 23.0 Å². The Morgan fingerprint density at radius 1 is 0.724 bits per heavy atom. The molecule has 144 valence electrons. The lowest BCUT2D eigenvalue weighted by Gasteiger charge is -2.10. The molecule has 0 aromatic heterocycles. The monoisotopic (exact) mass is 401 g/mol. The van der Waals surface area contributed by atoms with Gasteiger partial charge in [-0.1, -0.05) is 48.5 Å². The topological polar surface area (TPSA) is 70.2 Å². The summed E-state index contributed by atoms with van der Waals surface area (Å²) < 4.78 is 0. The molecule has 0 bridgehead atoms. The van der Waals surface area contributed by atoms with Crippen LogP contribution in [0.4, 0.5) is 11.4 Å². The number of carbonyl (C=O) groups excluding carboxylic acids is 2. The lowest BCUT2D eigenvalue weighted by molar-refractivity contribution is -0.115. The predicted octanol–water partition coefficient (Wildman–Crippen LogP) is 4.47. The molecule has 0 spiro atoms. The van der Waals surface area contributed by atoms with Crippen LogP contribution in [0.25, 0.3) is 6.08 Å². The summed E-state index contributed by atoms with van der Waals surface area (Å²) in [5, 5.41) is 8.54. The Hall–Kier alpha value is -3.77. The number of hydrogen-bond donors (Lipinski definition) is 3. The summed E-state index contributed by atoms with van der Waals surface area (Å²) in [6, 6.07) is 25.5. The molecule has 0 heterocycles. The largest absolute Gasteiger partial charge is 0.332 e. The van der Waals surface area contributed by atoms with Crippen molar-refractivity contribution < 1.29 is 9.59 Å². The number of anilines is 2. The predicted molar refractivity (Wildman–Crippen MR) is 121 cm³/mol. The normalized spacial score (nSPS) is 10.3. The van der Waals surface area contributed by atoms with Crippen LogP contribution in [0.5, 0.6) is 0 Å². The van der Waals surface area contributed by atoms with Crippen molar-refractivity contribution in [3.8, 4) is 0 Å². The summed E-state index contributed by atoms with van der Waals surface area (Å²) in [7, 11) is 0. The highest BCUT2D eigenvalue weighted by molar-refractivity contribution is 7.80. The number of rotatable bonds is 5. The van der Waals surface area contributed by atoms with Crippen LogP contribution in [0, 0.1) is 0 Å². The molecule has 6 heteroatoms. The van der Waals surface area contributed by atoms with Gasteiger partial charge in [0.15, 0.2) is 5.11 Å². The summed E-state index contributed by atoms with van der Waals surface area (Å²) in [5.41, 5.74) is 2.86. The van der Waals surface area contributed by atoms with E-state index in [0.717, 1.165) is 5.56 Å². The second-order valence-electron chi connectivity index (χ2n) is 6.08. The highest BCUT2D eigenvalue weighted by Crippen LogP contribution is 2.14. The summed E-state index contributed by atoms with van der Waals surface area (Å²) in [4.78, 5) is 24.1. The average Bonchev–Trinajstić information content (AvgIpc) is 2.75. The van der Waals surface area contributed by atoms with Crippen LogP contribution in [-0.2, 0) is 4.79 Å². The van der Waals surface area contributed by atoms with Crippen molar-refractivity contribution in [3.05, 3.63) is 102 Å². The van der Waals surface area contributed by atoms with E-state index in [2.05, 4.69) is 16.0 Å². The fourth-order valence-corrected chi connectivity index (χ4v) is 2.70. The molecule has 5 nitrogen and oxygen atoms in total. The second-order valence-corrected chi connectivity index (χ2v) is 6.49. The molecule has 3 N–H and O–H groups in total. The maximum atomic E-state index is 12.2. The van der Waals surface area contributed by atoms with Gasteiger partial charge >= 0.3 is 0 Å². The first kappa shape index (κ1) is 20.0. The van der Waals surface area contributed by atoms with Gasteiger partial charge in [0.1, 0.15) is 0 Å². The van der Waals surface area contributed by atoms with Gasteiger partial charge in [-0.3, -0.25) is 14.9 Å². The lowest BCUT2D eigenvalue weighted by Crippen LogP contribution is -2.32. The van der Waals surface area contributed by atoms with Gasteiger partial charge in [0.05, 0.1) is 0 Å². The molecule has 0 aliphatic heterocycles. The van der Waals surface area contributed by atoms with Crippen LogP contribution in [0.2, 0.25) is 0 Å². The quantitative estimate of drug-likeness (QED) is 0.436. The van der Waals surface area contributed by atoms with E-state index in [0.29, 0.717) is 16.9 Å². The summed E-state index contributed by atoms with van der Waals surface area (Å²) in [6.45, 7) is 0. The van der Waals surface area contributed by atoms with Crippen LogP contribution in [-0.4, -0.2) is 16.9 Å². The Morgan fingerprint density at radius 3 is 1.90 bits per heavy atom. The van der Waals surface area contributed by atoms with Gasteiger partial charge in [0.2, 0.25) is 5.91 Å². The van der Waals surface area contributed by atoms with E-state index < -0.39 is 0 Å². The molecule has 29 heavy (non-hydrogen) atoms. The third-order valence-corrected chi connectivity index (χ3v) is 4.10. The van der Waals surface area contributed by atoms with Crippen molar-refractivity contribution in [2.24, 2.45) is 0 Å². The molecule has 3 rings (SSSR count). The van der Waals surface area contributed by atoms with Crippen molar-refractivity contribution >= 4 is 46.6 Å². The molecule has 0 aliphatic carbocycles. The maximum Gasteiger partial charge on any atom is 0.255 e. The minimum Gasteiger partial charge on any atom is -0.332 e. The molecule has 3 aromatic rings. The molecule has 3 aromatic carbocycles. The minimum absolute atomic E-state index is 0.181. The van der Waals surface area contributed by atoms with Gasteiger partial charge in [-0.05, 0) is 60.3 Å². The van der Waals surface area contributed by atoms with E-state index in [-0.39, 0.29) is 16.9 Å². The third kappa shape index (κ3) is 6.41.